The number of primary amides is 1. The largest absolute Gasteiger partial charge is 0.460 e. The van der Waals surface area contributed by atoms with Crippen LogP contribution in [0.1, 0.15) is 25.7 Å². The van der Waals surface area contributed by atoms with Crippen LogP contribution in [0.3, 0.4) is 0 Å². The Labute approximate surface area is 100 Å². The minimum atomic E-state index is -0.408. The number of amides is 2. The van der Waals surface area contributed by atoms with Gasteiger partial charge in [0.15, 0.2) is 6.10 Å². The molecule has 0 aromatic heterocycles. The summed E-state index contributed by atoms with van der Waals surface area (Å²) in [5.74, 6) is -0.264. The summed E-state index contributed by atoms with van der Waals surface area (Å²) in [6, 6.07) is -0.408. The quantitative estimate of drug-likeness (QED) is 0.704. The van der Waals surface area contributed by atoms with Crippen LogP contribution in [-0.4, -0.2) is 48.8 Å². The Kier molecular flexibility index (Phi) is 3.83. The van der Waals surface area contributed by atoms with Crippen molar-refractivity contribution < 1.29 is 19.1 Å². The molecule has 6 heteroatoms. The second-order valence-electron chi connectivity index (χ2n) is 4.46. The van der Waals surface area contributed by atoms with Gasteiger partial charge in [-0.15, -0.1) is 0 Å². The summed E-state index contributed by atoms with van der Waals surface area (Å²) in [6.07, 6.45) is 2.48. The van der Waals surface area contributed by atoms with Gasteiger partial charge in [-0.25, -0.2) is 9.59 Å². The zero-order chi connectivity index (χ0) is 12.3. The van der Waals surface area contributed by atoms with E-state index in [9.17, 15) is 9.59 Å². The number of carbonyl (C=O) groups excluding carboxylic acids is 2. The molecule has 2 aliphatic rings. The summed E-state index contributed by atoms with van der Waals surface area (Å²) < 4.78 is 10.6. The number of rotatable bonds is 2. The molecule has 2 rings (SSSR count). The van der Waals surface area contributed by atoms with Crippen LogP contribution in [0.2, 0.25) is 0 Å². The molecular formula is C11H18N2O4. The molecule has 0 saturated carbocycles. The Bertz CT molecular complexity index is 294. The van der Waals surface area contributed by atoms with E-state index in [0.29, 0.717) is 32.5 Å². The monoisotopic (exact) mass is 242 g/mol. The topological polar surface area (TPSA) is 81.9 Å². The maximum Gasteiger partial charge on any atom is 0.335 e. The van der Waals surface area contributed by atoms with E-state index in [1.807, 2.05) is 0 Å². The molecule has 0 aliphatic carbocycles. The van der Waals surface area contributed by atoms with Gasteiger partial charge < -0.3 is 20.1 Å². The van der Waals surface area contributed by atoms with Crippen LogP contribution in [0.4, 0.5) is 4.79 Å². The molecule has 0 spiro atoms. The maximum atomic E-state index is 11.7. The number of esters is 1. The van der Waals surface area contributed by atoms with E-state index in [4.69, 9.17) is 15.2 Å². The highest BCUT2D eigenvalue weighted by molar-refractivity contribution is 5.75. The van der Waals surface area contributed by atoms with E-state index in [-0.39, 0.29) is 18.2 Å². The fourth-order valence-electron chi connectivity index (χ4n) is 2.20. The second-order valence-corrected chi connectivity index (χ2v) is 4.46. The van der Waals surface area contributed by atoms with Crippen LogP contribution in [-0.2, 0) is 14.3 Å². The zero-order valence-corrected chi connectivity index (χ0v) is 9.76. The Hall–Kier alpha value is -1.30. The summed E-state index contributed by atoms with van der Waals surface area (Å²) in [5, 5.41) is 0. The molecule has 1 atom stereocenters. The highest BCUT2D eigenvalue weighted by atomic mass is 16.6. The predicted octanol–water partition coefficient (Wildman–Crippen LogP) is 0.252. The number of hydrogen-bond donors (Lipinski definition) is 1. The van der Waals surface area contributed by atoms with Gasteiger partial charge in [0.05, 0.1) is 0 Å². The Balaban J connectivity index is 1.74. The number of piperidine rings is 1. The standard InChI is InChI=1S/C11H18N2O4/c12-11(15)13-5-3-8(4-6-13)17-10(14)9-2-1-7-16-9/h8-9H,1-7H2,(H2,12,15). The van der Waals surface area contributed by atoms with Gasteiger partial charge in [0, 0.05) is 32.5 Å². The van der Waals surface area contributed by atoms with E-state index in [1.165, 1.54) is 0 Å². The van der Waals surface area contributed by atoms with E-state index in [0.717, 1.165) is 12.8 Å². The third-order valence-electron chi connectivity index (χ3n) is 3.23. The highest BCUT2D eigenvalue weighted by Gasteiger charge is 2.29. The first kappa shape index (κ1) is 12.2. The summed E-state index contributed by atoms with van der Waals surface area (Å²) in [6.45, 7) is 1.75. The number of urea groups is 1. The number of nitrogens with two attached hydrogens (primary N) is 1. The van der Waals surface area contributed by atoms with Crippen molar-refractivity contribution in [1.82, 2.24) is 4.90 Å². The van der Waals surface area contributed by atoms with Gasteiger partial charge in [-0.1, -0.05) is 0 Å². The van der Waals surface area contributed by atoms with E-state index >= 15 is 0 Å². The molecule has 0 bridgehead atoms. The lowest BCUT2D eigenvalue weighted by Gasteiger charge is -2.30. The van der Waals surface area contributed by atoms with Crippen LogP contribution >= 0.6 is 0 Å². The van der Waals surface area contributed by atoms with Crippen LogP contribution < -0.4 is 5.73 Å². The van der Waals surface area contributed by atoms with Gasteiger partial charge in [0.2, 0.25) is 0 Å². The van der Waals surface area contributed by atoms with Gasteiger partial charge in [0.1, 0.15) is 6.10 Å². The van der Waals surface area contributed by atoms with Gasteiger partial charge in [-0.05, 0) is 12.8 Å². The van der Waals surface area contributed by atoms with Gasteiger partial charge >= 0.3 is 12.0 Å². The number of ether oxygens (including phenoxy) is 2. The van der Waals surface area contributed by atoms with E-state index in [1.54, 1.807) is 4.90 Å². The van der Waals surface area contributed by atoms with Gasteiger partial charge in [-0.2, -0.15) is 0 Å². The second kappa shape index (κ2) is 5.35. The Morgan fingerprint density at radius 3 is 2.47 bits per heavy atom. The fraction of sp³-hybridized carbons (Fsp3) is 0.818. The molecule has 0 aromatic carbocycles. The highest BCUT2D eigenvalue weighted by Crippen LogP contribution is 2.18. The van der Waals surface area contributed by atoms with Crippen molar-refractivity contribution in [1.29, 1.82) is 0 Å². The van der Waals surface area contributed by atoms with Crippen LogP contribution in [0.5, 0.6) is 0 Å². The third kappa shape index (κ3) is 3.09. The number of hydrogen-bond acceptors (Lipinski definition) is 4. The fourth-order valence-corrected chi connectivity index (χ4v) is 2.20. The molecule has 0 aromatic rings. The first-order chi connectivity index (χ1) is 8.16. The predicted molar refractivity (Wildman–Crippen MR) is 59.2 cm³/mol. The average Bonchev–Trinajstić information content (AvgIpc) is 2.83. The molecule has 6 nitrogen and oxygen atoms in total. The molecule has 0 radical (unpaired) electrons. The van der Waals surface area contributed by atoms with E-state index < -0.39 is 6.03 Å². The molecular weight excluding hydrogens is 224 g/mol. The minimum absolute atomic E-state index is 0.109. The molecule has 2 N–H and O–H groups in total. The summed E-state index contributed by atoms with van der Waals surface area (Å²) in [5.41, 5.74) is 5.17. The summed E-state index contributed by atoms with van der Waals surface area (Å²) in [4.78, 5) is 24.2. The lowest BCUT2D eigenvalue weighted by atomic mass is 10.1. The Morgan fingerprint density at radius 1 is 1.24 bits per heavy atom. The molecule has 2 aliphatic heterocycles. The number of carbonyl (C=O) groups is 2. The summed E-state index contributed by atoms with van der Waals surface area (Å²) >= 11 is 0. The molecule has 96 valence electrons. The smallest absolute Gasteiger partial charge is 0.335 e. The maximum absolute atomic E-state index is 11.7. The molecule has 2 amide bonds. The van der Waals surface area contributed by atoms with Crippen molar-refractivity contribution >= 4 is 12.0 Å². The van der Waals surface area contributed by atoms with Crippen molar-refractivity contribution in [2.24, 2.45) is 5.73 Å². The average molecular weight is 242 g/mol. The van der Waals surface area contributed by atoms with Crippen LogP contribution in [0.25, 0.3) is 0 Å². The number of likely N-dealkylation sites (tertiary alicyclic amines) is 1. The zero-order valence-electron chi connectivity index (χ0n) is 9.76. The molecule has 2 fully saturated rings. The first-order valence-electron chi connectivity index (χ1n) is 6.03. The van der Waals surface area contributed by atoms with Gasteiger partial charge in [0.25, 0.3) is 0 Å². The van der Waals surface area contributed by atoms with Crippen molar-refractivity contribution in [2.75, 3.05) is 19.7 Å². The SMILES string of the molecule is NC(=O)N1CCC(OC(=O)C2CCCO2)CC1. The van der Waals surface area contributed by atoms with Crippen LogP contribution in [0, 0.1) is 0 Å². The normalized spacial score (nSPS) is 25.9. The van der Waals surface area contributed by atoms with Crippen molar-refractivity contribution in [2.45, 2.75) is 37.9 Å². The summed E-state index contributed by atoms with van der Waals surface area (Å²) in [7, 11) is 0. The van der Waals surface area contributed by atoms with Gasteiger partial charge in [-0.3, -0.25) is 0 Å². The minimum Gasteiger partial charge on any atom is -0.460 e. The Morgan fingerprint density at radius 2 is 1.94 bits per heavy atom. The van der Waals surface area contributed by atoms with E-state index in [2.05, 4.69) is 0 Å². The lowest BCUT2D eigenvalue weighted by Crippen LogP contribution is -2.44. The molecule has 2 heterocycles. The first-order valence-corrected chi connectivity index (χ1v) is 6.03. The number of nitrogens with zero attached hydrogens (tertiary/aromatic N) is 1. The van der Waals surface area contributed by atoms with Crippen molar-refractivity contribution in [3.05, 3.63) is 0 Å². The molecule has 1 unspecified atom stereocenters. The van der Waals surface area contributed by atoms with Crippen LogP contribution in [0.15, 0.2) is 0 Å². The van der Waals surface area contributed by atoms with Crippen molar-refractivity contribution in [3.8, 4) is 0 Å². The lowest BCUT2D eigenvalue weighted by molar-refractivity contribution is -0.161. The third-order valence-corrected chi connectivity index (χ3v) is 3.23. The molecule has 17 heavy (non-hydrogen) atoms. The molecule has 2 saturated heterocycles. The van der Waals surface area contributed by atoms with Crippen molar-refractivity contribution in [3.63, 3.8) is 0 Å².